The van der Waals surface area contributed by atoms with Crippen molar-refractivity contribution in [3.8, 4) is 11.5 Å². The third-order valence-electron chi connectivity index (χ3n) is 7.12. The van der Waals surface area contributed by atoms with Gasteiger partial charge >= 0.3 is 0 Å². The van der Waals surface area contributed by atoms with Gasteiger partial charge in [-0.05, 0) is 86.5 Å². The quantitative estimate of drug-likeness (QED) is 0.169. The molecule has 0 bridgehead atoms. The topological polar surface area (TPSA) is 96.0 Å². The average molecular weight is 679 g/mol. The van der Waals surface area contributed by atoms with Crippen molar-refractivity contribution in [2.45, 2.75) is 50.7 Å². The molecule has 2 amide bonds. The molecule has 0 aliphatic carbocycles. The van der Waals surface area contributed by atoms with Gasteiger partial charge in [0.2, 0.25) is 11.8 Å². The molecule has 4 rings (SSSR count). The maximum Gasteiger partial charge on any atom is 0.264 e. The number of nitrogens with zero attached hydrogens (tertiary/aromatic N) is 2. The number of benzene rings is 4. The lowest BCUT2D eigenvalue weighted by atomic mass is 10.1. The Morgan fingerprint density at radius 1 is 0.841 bits per heavy atom. The van der Waals surface area contributed by atoms with E-state index in [2.05, 4.69) is 21.2 Å². The van der Waals surface area contributed by atoms with E-state index in [1.54, 1.807) is 49.4 Å². The second kappa shape index (κ2) is 15.0. The number of hydrogen-bond donors (Lipinski definition) is 1. The van der Waals surface area contributed by atoms with Crippen molar-refractivity contribution in [3.63, 3.8) is 0 Å². The Morgan fingerprint density at radius 2 is 1.45 bits per heavy atom. The van der Waals surface area contributed by atoms with Gasteiger partial charge in [-0.3, -0.25) is 13.9 Å². The van der Waals surface area contributed by atoms with Crippen LogP contribution in [0.1, 0.15) is 32.8 Å². The van der Waals surface area contributed by atoms with Crippen LogP contribution in [0.3, 0.4) is 0 Å². The van der Waals surface area contributed by atoms with Gasteiger partial charge in [0.15, 0.2) is 0 Å². The number of nitrogens with one attached hydrogen (secondary N) is 1. The van der Waals surface area contributed by atoms with E-state index in [1.165, 1.54) is 17.0 Å². The normalized spacial score (nSPS) is 12.5. The lowest BCUT2D eigenvalue weighted by Gasteiger charge is -2.32. The maximum absolute atomic E-state index is 14.1. The molecule has 0 heterocycles. The first kappa shape index (κ1) is 32.8. The summed E-state index contributed by atoms with van der Waals surface area (Å²) < 4.78 is 35.8. The Morgan fingerprint density at radius 3 is 2.07 bits per heavy atom. The summed E-state index contributed by atoms with van der Waals surface area (Å²) in [6.07, 6.45) is 0.727. The summed E-state index contributed by atoms with van der Waals surface area (Å²) in [5.74, 6) is 0.301. The number of hydrogen-bond acceptors (Lipinski definition) is 5. The number of anilines is 1. The van der Waals surface area contributed by atoms with Crippen LogP contribution in [0.25, 0.3) is 0 Å². The highest BCUT2D eigenvalue weighted by molar-refractivity contribution is 9.10. The van der Waals surface area contributed by atoms with E-state index in [-0.39, 0.29) is 29.1 Å². The highest BCUT2D eigenvalue weighted by Crippen LogP contribution is 2.28. The van der Waals surface area contributed by atoms with Crippen LogP contribution in [0.2, 0.25) is 0 Å². The molecule has 2 atom stereocenters. The van der Waals surface area contributed by atoms with Crippen molar-refractivity contribution in [2.24, 2.45) is 0 Å². The molecule has 4 aromatic carbocycles. The highest BCUT2D eigenvalue weighted by Gasteiger charge is 2.32. The van der Waals surface area contributed by atoms with Crippen molar-refractivity contribution in [2.75, 3.05) is 10.8 Å². The third kappa shape index (κ3) is 8.48. The van der Waals surface area contributed by atoms with Crippen LogP contribution in [0.15, 0.2) is 119 Å². The molecule has 0 radical (unpaired) electrons. The molecular formula is C34H36BrN3O5S. The zero-order chi connectivity index (χ0) is 31.7. The smallest absolute Gasteiger partial charge is 0.264 e. The van der Waals surface area contributed by atoms with Gasteiger partial charge < -0.3 is 15.0 Å². The molecule has 0 saturated heterocycles. The number of rotatable bonds is 13. The minimum Gasteiger partial charge on any atom is -0.457 e. The zero-order valence-electron chi connectivity index (χ0n) is 24.9. The van der Waals surface area contributed by atoms with Crippen molar-refractivity contribution < 1.29 is 22.7 Å². The molecule has 1 N–H and O–H groups in total. The number of carbonyl (C=O) groups is 2. The van der Waals surface area contributed by atoms with E-state index in [0.717, 1.165) is 20.8 Å². The Hall–Kier alpha value is -4.15. The van der Waals surface area contributed by atoms with E-state index in [0.29, 0.717) is 11.5 Å². The van der Waals surface area contributed by atoms with Crippen molar-refractivity contribution in [3.05, 3.63) is 119 Å². The molecule has 0 unspecified atom stereocenters. The summed E-state index contributed by atoms with van der Waals surface area (Å²) >= 11 is 3.47. The van der Waals surface area contributed by atoms with Gasteiger partial charge in [-0.2, -0.15) is 0 Å². The standard InChI is InChI=1S/C34H36BrN3O5S/c1-4-25(2)36-34(40)26(3)37(23-27-12-11-13-28(35)22-27)33(39)24-38(44(41,42)32-16-9-6-10-17-32)29-18-20-31(21-19-29)43-30-14-7-5-8-15-30/h5-22,25-26H,4,23-24H2,1-3H3,(H,36,40)/t25-,26+/m1/s1. The first-order valence-corrected chi connectivity index (χ1v) is 16.6. The number of sulfonamides is 1. The number of carbonyl (C=O) groups excluding carboxylic acids is 2. The fraction of sp³-hybridized carbons (Fsp3) is 0.235. The molecule has 0 aliphatic heterocycles. The predicted octanol–water partition coefficient (Wildman–Crippen LogP) is 6.77. The molecule has 0 aromatic heterocycles. The first-order chi connectivity index (χ1) is 21.1. The lowest BCUT2D eigenvalue weighted by Crippen LogP contribution is -2.52. The van der Waals surface area contributed by atoms with Gasteiger partial charge in [0.05, 0.1) is 10.6 Å². The van der Waals surface area contributed by atoms with Gasteiger partial charge in [-0.1, -0.05) is 71.4 Å². The minimum absolute atomic E-state index is 0.0403. The Labute approximate surface area is 267 Å². The van der Waals surface area contributed by atoms with Gasteiger partial charge in [-0.25, -0.2) is 8.42 Å². The van der Waals surface area contributed by atoms with Crippen LogP contribution < -0.4 is 14.4 Å². The number of ether oxygens (including phenoxy) is 1. The van der Waals surface area contributed by atoms with Crippen LogP contribution in [-0.4, -0.2) is 43.8 Å². The molecule has 0 saturated carbocycles. The number of para-hydroxylation sites is 1. The number of halogens is 1. The van der Waals surface area contributed by atoms with Crippen molar-refractivity contribution >= 4 is 43.5 Å². The monoisotopic (exact) mass is 677 g/mol. The second-order valence-electron chi connectivity index (χ2n) is 10.4. The first-order valence-electron chi connectivity index (χ1n) is 14.3. The third-order valence-corrected chi connectivity index (χ3v) is 9.41. The summed E-state index contributed by atoms with van der Waals surface area (Å²) in [7, 11) is -4.17. The zero-order valence-corrected chi connectivity index (χ0v) is 27.3. The molecule has 0 fully saturated rings. The Balaban J connectivity index is 1.69. The molecule has 10 heteroatoms. The van der Waals surface area contributed by atoms with Gasteiger partial charge in [0.25, 0.3) is 10.0 Å². The maximum atomic E-state index is 14.1. The van der Waals surface area contributed by atoms with Gasteiger partial charge in [0.1, 0.15) is 24.1 Å². The Bertz CT molecular complexity index is 1650. The van der Waals surface area contributed by atoms with Crippen LogP contribution >= 0.6 is 15.9 Å². The van der Waals surface area contributed by atoms with E-state index >= 15 is 0 Å². The van der Waals surface area contributed by atoms with E-state index in [4.69, 9.17) is 4.74 Å². The summed E-state index contributed by atoms with van der Waals surface area (Å²) in [6.45, 7) is 5.09. The average Bonchev–Trinajstić information content (AvgIpc) is 3.03. The fourth-order valence-corrected chi connectivity index (χ4v) is 6.32. The van der Waals surface area contributed by atoms with Crippen LogP contribution in [0.5, 0.6) is 11.5 Å². The molecule has 4 aromatic rings. The predicted molar refractivity (Wildman–Crippen MR) is 176 cm³/mol. The largest absolute Gasteiger partial charge is 0.457 e. The van der Waals surface area contributed by atoms with Gasteiger partial charge in [-0.15, -0.1) is 0 Å². The molecule has 8 nitrogen and oxygen atoms in total. The lowest BCUT2D eigenvalue weighted by molar-refractivity contribution is -0.139. The highest BCUT2D eigenvalue weighted by atomic mass is 79.9. The summed E-state index contributed by atoms with van der Waals surface area (Å²) in [4.78, 5) is 28.8. The minimum atomic E-state index is -4.17. The summed E-state index contributed by atoms with van der Waals surface area (Å²) in [6, 6.07) is 30.2. The second-order valence-corrected chi connectivity index (χ2v) is 13.2. The van der Waals surface area contributed by atoms with E-state index < -0.39 is 28.5 Å². The van der Waals surface area contributed by atoms with E-state index in [1.807, 2.05) is 68.4 Å². The van der Waals surface area contributed by atoms with Crippen LogP contribution in [0.4, 0.5) is 5.69 Å². The molecule has 230 valence electrons. The van der Waals surface area contributed by atoms with Gasteiger partial charge in [0, 0.05) is 17.1 Å². The SMILES string of the molecule is CC[C@@H](C)NC(=O)[C@H](C)N(Cc1cccc(Br)c1)C(=O)CN(c1ccc(Oc2ccccc2)cc1)S(=O)(=O)c1ccccc1. The molecular weight excluding hydrogens is 642 g/mol. The van der Waals surface area contributed by atoms with E-state index in [9.17, 15) is 18.0 Å². The Kier molecular flexibility index (Phi) is 11.2. The molecule has 0 aliphatic rings. The van der Waals surface area contributed by atoms with Crippen LogP contribution in [0, 0.1) is 0 Å². The number of amides is 2. The fourth-order valence-electron chi connectivity index (χ4n) is 4.43. The summed E-state index contributed by atoms with van der Waals surface area (Å²) in [5, 5.41) is 2.94. The van der Waals surface area contributed by atoms with Crippen molar-refractivity contribution in [1.29, 1.82) is 0 Å². The summed E-state index contributed by atoms with van der Waals surface area (Å²) in [5.41, 5.74) is 1.07. The molecule has 0 spiro atoms. The van der Waals surface area contributed by atoms with Crippen LogP contribution in [-0.2, 0) is 26.2 Å². The molecule has 44 heavy (non-hydrogen) atoms. The van der Waals surface area contributed by atoms with Crippen molar-refractivity contribution in [1.82, 2.24) is 10.2 Å².